The third-order valence-corrected chi connectivity index (χ3v) is 4.23. The highest BCUT2D eigenvalue weighted by atomic mass is 32.1. The van der Waals surface area contributed by atoms with Crippen LogP contribution < -0.4 is 5.32 Å². The maximum atomic E-state index is 12.0. The fourth-order valence-corrected chi connectivity index (χ4v) is 3.05. The summed E-state index contributed by atoms with van der Waals surface area (Å²) in [5.41, 5.74) is 2.56. The summed E-state index contributed by atoms with van der Waals surface area (Å²) in [5, 5.41) is 4.84. The van der Waals surface area contributed by atoms with Gasteiger partial charge in [-0.25, -0.2) is 4.98 Å². The molecule has 24 heavy (non-hydrogen) atoms. The topological polar surface area (TPSA) is 59.5 Å². The van der Waals surface area contributed by atoms with Crippen LogP contribution >= 0.6 is 11.3 Å². The first-order valence-electron chi connectivity index (χ1n) is 7.33. The van der Waals surface area contributed by atoms with E-state index < -0.39 is 0 Å². The Bertz CT molecular complexity index is 983. The van der Waals surface area contributed by atoms with Crippen molar-refractivity contribution < 1.29 is 9.21 Å². The summed E-state index contributed by atoms with van der Waals surface area (Å²) in [6.45, 7) is 0. The molecule has 3 aromatic heterocycles. The van der Waals surface area contributed by atoms with E-state index in [0.717, 1.165) is 21.9 Å². The largest absolute Gasteiger partial charge is 0.465 e. The number of thiazole rings is 1. The molecule has 3 heterocycles. The first-order valence-corrected chi connectivity index (χ1v) is 8.21. The summed E-state index contributed by atoms with van der Waals surface area (Å²) in [6, 6.07) is 11.2. The fourth-order valence-electron chi connectivity index (χ4n) is 2.35. The average molecular weight is 335 g/mol. The van der Waals surface area contributed by atoms with Crippen LogP contribution in [0.25, 0.3) is 22.3 Å². The fraction of sp³-hybridized carbons (Fsp3) is 0. The Morgan fingerprint density at radius 1 is 1.29 bits per heavy atom. The predicted molar refractivity (Wildman–Crippen MR) is 94.9 cm³/mol. The molecule has 6 heteroatoms. The summed E-state index contributed by atoms with van der Waals surface area (Å²) in [6.07, 6.45) is 8.59. The predicted octanol–water partition coefficient (Wildman–Crippen LogP) is 4.31. The molecule has 1 aromatic carbocycles. The van der Waals surface area contributed by atoms with E-state index in [1.54, 1.807) is 35.8 Å². The second-order valence-corrected chi connectivity index (χ2v) is 6.01. The average Bonchev–Trinajstić information content (AvgIpc) is 3.30. The highest BCUT2D eigenvalue weighted by molar-refractivity contribution is 7.15. The molecule has 0 saturated heterocycles. The molecule has 0 radical (unpaired) electrons. The minimum absolute atomic E-state index is 0.214. The van der Waals surface area contributed by atoms with E-state index in [9.17, 15) is 4.79 Å². The number of hydrogen-bond donors (Lipinski definition) is 1. The highest BCUT2D eigenvalue weighted by Crippen LogP contribution is 2.24. The van der Waals surface area contributed by atoms with Crippen LogP contribution in [0.5, 0.6) is 0 Å². The van der Waals surface area contributed by atoms with E-state index in [4.69, 9.17) is 4.42 Å². The van der Waals surface area contributed by atoms with Crippen molar-refractivity contribution in [2.45, 2.75) is 0 Å². The smallest absolute Gasteiger partial charge is 0.248 e. The lowest BCUT2D eigenvalue weighted by molar-refractivity contribution is -0.111. The number of imidazole rings is 1. The van der Waals surface area contributed by atoms with E-state index in [1.165, 1.54) is 6.08 Å². The van der Waals surface area contributed by atoms with Crippen molar-refractivity contribution in [3.63, 3.8) is 0 Å². The molecular weight excluding hydrogens is 322 g/mol. The van der Waals surface area contributed by atoms with Crippen molar-refractivity contribution in [3.05, 3.63) is 72.3 Å². The minimum atomic E-state index is -0.214. The van der Waals surface area contributed by atoms with Gasteiger partial charge in [-0.15, -0.1) is 11.3 Å². The molecule has 0 bridgehead atoms. The Balaban J connectivity index is 1.52. The van der Waals surface area contributed by atoms with Crippen molar-refractivity contribution in [3.8, 4) is 11.3 Å². The van der Waals surface area contributed by atoms with Gasteiger partial charge in [0.25, 0.3) is 0 Å². The Morgan fingerprint density at radius 3 is 3.08 bits per heavy atom. The van der Waals surface area contributed by atoms with E-state index in [2.05, 4.69) is 10.3 Å². The molecular formula is C18H13N3O2S. The normalized spacial score (nSPS) is 11.3. The van der Waals surface area contributed by atoms with Crippen LogP contribution in [-0.2, 0) is 4.79 Å². The Hall–Kier alpha value is -3.12. The van der Waals surface area contributed by atoms with Crippen LogP contribution in [0.2, 0.25) is 0 Å². The number of nitrogens with one attached hydrogen (secondary N) is 1. The number of furan rings is 1. The summed E-state index contributed by atoms with van der Waals surface area (Å²) in [4.78, 5) is 17.5. The summed E-state index contributed by atoms with van der Waals surface area (Å²) < 4.78 is 7.14. The number of rotatable bonds is 4. The van der Waals surface area contributed by atoms with Gasteiger partial charge in [0.2, 0.25) is 5.91 Å². The number of nitrogens with zero attached hydrogens (tertiary/aromatic N) is 2. The molecule has 0 aliphatic rings. The van der Waals surface area contributed by atoms with Gasteiger partial charge in [0, 0.05) is 35.1 Å². The molecule has 4 rings (SSSR count). The maximum Gasteiger partial charge on any atom is 0.248 e. The second-order valence-electron chi connectivity index (χ2n) is 5.14. The molecule has 1 amide bonds. The number of aromatic nitrogens is 2. The van der Waals surface area contributed by atoms with Crippen LogP contribution in [0.1, 0.15) is 5.76 Å². The summed E-state index contributed by atoms with van der Waals surface area (Å²) in [5.74, 6) is 0.423. The monoisotopic (exact) mass is 335 g/mol. The highest BCUT2D eigenvalue weighted by Gasteiger charge is 2.06. The standard InChI is InChI=1S/C18H13N3O2S/c22-17(7-6-15-5-2-9-23-15)19-14-4-1-3-13(11-14)16-12-21-8-10-24-18(21)20-16/h1-12H,(H,19,22)/b7-6+. The van der Waals surface area contributed by atoms with Gasteiger partial charge in [0.1, 0.15) is 5.76 Å². The molecule has 0 fully saturated rings. The number of anilines is 1. The van der Waals surface area contributed by atoms with Crippen molar-refractivity contribution in [1.82, 2.24) is 9.38 Å². The Kier molecular flexibility index (Phi) is 3.72. The van der Waals surface area contributed by atoms with E-state index in [-0.39, 0.29) is 5.91 Å². The van der Waals surface area contributed by atoms with Gasteiger partial charge >= 0.3 is 0 Å². The lowest BCUT2D eigenvalue weighted by atomic mass is 10.1. The molecule has 0 unspecified atom stereocenters. The van der Waals surface area contributed by atoms with Crippen molar-refractivity contribution >= 4 is 34.0 Å². The van der Waals surface area contributed by atoms with Gasteiger partial charge in [0.05, 0.1) is 12.0 Å². The number of fused-ring (bicyclic) bond motifs is 1. The van der Waals surface area contributed by atoms with Gasteiger partial charge in [-0.1, -0.05) is 12.1 Å². The van der Waals surface area contributed by atoms with Crippen LogP contribution in [0.4, 0.5) is 5.69 Å². The molecule has 0 atom stereocenters. The van der Waals surface area contributed by atoms with Gasteiger partial charge in [-0.3, -0.25) is 9.20 Å². The van der Waals surface area contributed by atoms with Gasteiger partial charge in [-0.2, -0.15) is 0 Å². The SMILES string of the molecule is O=C(/C=C/c1ccco1)Nc1cccc(-c2cn3ccsc3n2)c1. The first kappa shape index (κ1) is 14.5. The molecule has 118 valence electrons. The summed E-state index contributed by atoms with van der Waals surface area (Å²) in [7, 11) is 0. The molecule has 0 aliphatic carbocycles. The van der Waals surface area contributed by atoms with Crippen LogP contribution in [-0.4, -0.2) is 15.3 Å². The second kappa shape index (κ2) is 6.17. The quantitative estimate of drug-likeness (QED) is 0.565. The molecule has 0 spiro atoms. The van der Waals surface area contributed by atoms with Crippen LogP contribution in [0.3, 0.4) is 0 Å². The van der Waals surface area contributed by atoms with Gasteiger partial charge < -0.3 is 9.73 Å². The number of hydrogen-bond acceptors (Lipinski definition) is 4. The van der Waals surface area contributed by atoms with Gasteiger partial charge in [0.15, 0.2) is 4.96 Å². The molecule has 4 aromatic rings. The zero-order chi connectivity index (χ0) is 16.4. The van der Waals surface area contributed by atoms with E-state index in [0.29, 0.717) is 5.76 Å². The molecule has 0 aliphatic heterocycles. The third-order valence-electron chi connectivity index (χ3n) is 3.46. The first-order chi connectivity index (χ1) is 11.8. The lowest BCUT2D eigenvalue weighted by Gasteiger charge is -2.04. The third kappa shape index (κ3) is 3.00. The lowest BCUT2D eigenvalue weighted by Crippen LogP contribution is -2.07. The molecule has 5 nitrogen and oxygen atoms in total. The molecule has 0 saturated carbocycles. The number of benzene rings is 1. The van der Waals surface area contributed by atoms with Crippen molar-refractivity contribution in [1.29, 1.82) is 0 Å². The Labute approximate surface area is 141 Å². The number of carbonyl (C=O) groups is 1. The molecule has 1 N–H and O–H groups in total. The van der Waals surface area contributed by atoms with Crippen LogP contribution in [0.15, 0.2) is 70.9 Å². The summed E-state index contributed by atoms with van der Waals surface area (Å²) >= 11 is 1.59. The van der Waals surface area contributed by atoms with E-state index >= 15 is 0 Å². The van der Waals surface area contributed by atoms with Gasteiger partial charge in [-0.05, 0) is 30.3 Å². The van der Waals surface area contributed by atoms with Crippen molar-refractivity contribution in [2.75, 3.05) is 5.32 Å². The number of carbonyl (C=O) groups excluding carboxylic acids is 1. The van der Waals surface area contributed by atoms with E-state index in [1.807, 2.05) is 46.4 Å². The number of amides is 1. The van der Waals surface area contributed by atoms with Crippen LogP contribution in [0, 0.1) is 0 Å². The zero-order valence-corrected chi connectivity index (χ0v) is 13.4. The van der Waals surface area contributed by atoms with Crippen molar-refractivity contribution in [2.24, 2.45) is 0 Å². The maximum absolute atomic E-state index is 12.0. The Morgan fingerprint density at radius 2 is 2.25 bits per heavy atom. The minimum Gasteiger partial charge on any atom is -0.465 e. The zero-order valence-electron chi connectivity index (χ0n) is 12.5.